The molecule has 1 N–H and O–H groups in total. The van der Waals surface area contributed by atoms with Crippen LogP contribution < -0.4 is 5.32 Å². The Balaban J connectivity index is 2.06. The third-order valence-corrected chi connectivity index (χ3v) is 4.12. The van der Waals surface area contributed by atoms with E-state index in [0.717, 1.165) is 24.3 Å². The zero-order valence-corrected chi connectivity index (χ0v) is 12.3. The third kappa shape index (κ3) is 2.94. The first-order valence-electron chi connectivity index (χ1n) is 6.87. The van der Waals surface area contributed by atoms with E-state index in [1.165, 1.54) is 0 Å². The van der Waals surface area contributed by atoms with Crippen molar-refractivity contribution in [1.29, 1.82) is 0 Å². The minimum Gasteiger partial charge on any atom is -0.319 e. The average molecular weight is 271 g/mol. The lowest BCUT2D eigenvalue weighted by Crippen LogP contribution is -2.58. The molecule has 0 spiro atoms. The van der Waals surface area contributed by atoms with Crippen LogP contribution >= 0.6 is 0 Å². The highest BCUT2D eigenvalue weighted by atomic mass is 16.2. The summed E-state index contributed by atoms with van der Waals surface area (Å²) in [7, 11) is 2.09. The molecule has 1 aliphatic heterocycles. The van der Waals surface area contributed by atoms with Crippen molar-refractivity contribution in [2.75, 3.05) is 25.5 Å². The van der Waals surface area contributed by atoms with Gasteiger partial charge in [-0.15, -0.1) is 6.42 Å². The van der Waals surface area contributed by atoms with Crippen LogP contribution in [0.5, 0.6) is 0 Å². The molecule has 1 heterocycles. The van der Waals surface area contributed by atoms with Gasteiger partial charge < -0.3 is 10.2 Å². The lowest BCUT2D eigenvalue weighted by atomic mass is 10.1. The van der Waals surface area contributed by atoms with E-state index in [1.54, 1.807) is 0 Å². The zero-order valence-electron chi connectivity index (χ0n) is 12.3. The van der Waals surface area contributed by atoms with Crippen LogP contribution in [0.15, 0.2) is 24.3 Å². The first-order chi connectivity index (χ1) is 9.52. The average Bonchev–Trinajstić information content (AvgIpc) is 2.45. The topological polar surface area (TPSA) is 35.6 Å². The van der Waals surface area contributed by atoms with E-state index < -0.39 is 0 Å². The maximum absolute atomic E-state index is 12.4. The Kier molecular flexibility index (Phi) is 4.31. The highest BCUT2D eigenvalue weighted by Crippen LogP contribution is 2.17. The highest BCUT2D eigenvalue weighted by molar-refractivity contribution is 5.89. The van der Waals surface area contributed by atoms with Gasteiger partial charge in [0.1, 0.15) is 0 Å². The highest BCUT2D eigenvalue weighted by Gasteiger charge is 2.31. The molecule has 4 heteroatoms. The number of nitrogens with zero attached hydrogens (tertiary/aromatic N) is 2. The van der Waals surface area contributed by atoms with Crippen LogP contribution in [-0.2, 0) is 0 Å². The van der Waals surface area contributed by atoms with E-state index >= 15 is 0 Å². The molecule has 2 unspecified atom stereocenters. The maximum atomic E-state index is 12.4. The molecular formula is C16H21N3O. The third-order valence-electron chi connectivity index (χ3n) is 4.12. The van der Waals surface area contributed by atoms with Gasteiger partial charge in [0.05, 0.1) is 0 Å². The number of anilines is 1. The number of terminal acetylenes is 1. The summed E-state index contributed by atoms with van der Waals surface area (Å²) >= 11 is 0. The van der Waals surface area contributed by atoms with Crippen LogP contribution in [-0.4, -0.2) is 48.1 Å². The molecule has 0 aromatic heterocycles. The van der Waals surface area contributed by atoms with Gasteiger partial charge in [0.15, 0.2) is 0 Å². The number of nitrogens with one attached hydrogen (secondary N) is 1. The van der Waals surface area contributed by atoms with E-state index in [-0.39, 0.29) is 12.1 Å². The van der Waals surface area contributed by atoms with Crippen molar-refractivity contribution < 1.29 is 4.79 Å². The number of piperazine rings is 1. The fraction of sp³-hybridized carbons (Fsp3) is 0.438. The minimum atomic E-state index is -0.0633. The number of carbonyl (C=O) groups is 1. The predicted molar refractivity (Wildman–Crippen MR) is 81.7 cm³/mol. The van der Waals surface area contributed by atoms with Crippen molar-refractivity contribution in [3.63, 3.8) is 0 Å². The first kappa shape index (κ1) is 14.4. The molecule has 1 aromatic carbocycles. The van der Waals surface area contributed by atoms with Gasteiger partial charge in [-0.05, 0) is 39.1 Å². The second kappa shape index (κ2) is 5.98. The quantitative estimate of drug-likeness (QED) is 0.795. The van der Waals surface area contributed by atoms with E-state index in [2.05, 4.69) is 37.0 Å². The number of benzene rings is 1. The van der Waals surface area contributed by atoms with Gasteiger partial charge in [0, 0.05) is 36.4 Å². The van der Waals surface area contributed by atoms with Crippen LogP contribution in [0.1, 0.15) is 19.4 Å². The number of hydrogen-bond acceptors (Lipinski definition) is 2. The van der Waals surface area contributed by atoms with Crippen molar-refractivity contribution in [3.05, 3.63) is 29.8 Å². The van der Waals surface area contributed by atoms with Crippen molar-refractivity contribution in [2.45, 2.75) is 25.9 Å². The van der Waals surface area contributed by atoms with Gasteiger partial charge in [-0.1, -0.05) is 12.0 Å². The molecular weight excluding hydrogens is 250 g/mol. The van der Waals surface area contributed by atoms with Crippen molar-refractivity contribution in [2.24, 2.45) is 0 Å². The van der Waals surface area contributed by atoms with Gasteiger partial charge in [-0.25, -0.2) is 4.79 Å². The summed E-state index contributed by atoms with van der Waals surface area (Å²) < 4.78 is 0. The summed E-state index contributed by atoms with van der Waals surface area (Å²) in [5.74, 6) is 2.57. The lowest BCUT2D eigenvalue weighted by molar-refractivity contribution is 0.0796. The molecule has 0 radical (unpaired) electrons. The van der Waals surface area contributed by atoms with Crippen LogP contribution in [0.2, 0.25) is 0 Å². The molecule has 1 fully saturated rings. The van der Waals surface area contributed by atoms with Gasteiger partial charge in [-0.2, -0.15) is 0 Å². The standard InChI is InChI=1S/C16H21N3O/c1-5-14-7-6-8-15(11-14)17-16(20)19-10-9-18(4)12(2)13(19)3/h1,6-8,11-13H,9-10H2,2-4H3,(H,17,20). The molecule has 1 aliphatic rings. The molecule has 0 bridgehead atoms. The Morgan fingerprint density at radius 2 is 2.10 bits per heavy atom. The summed E-state index contributed by atoms with van der Waals surface area (Å²) in [6.07, 6.45) is 5.37. The van der Waals surface area contributed by atoms with Crippen LogP contribution in [0.4, 0.5) is 10.5 Å². The second-order valence-corrected chi connectivity index (χ2v) is 5.31. The number of carbonyl (C=O) groups excluding carboxylic acids is 1. The SMILES string of the molecule is C#Cc1cccc(NC(=O)N2CCN(C)C(C)C2C)c1. The van der Waals surface area contributed by atoms with E-state index in [0.29, 0.717) is 6.04 Å². The molecule has 4 nitrogen and oxygen atoms in total. The fourth-order valence-corrected chi connectivity index (χ4v) is 2.47. The number of rotatable bonds is 1. The minimum absolute atomic E-state index is 0.0633. The summed E-state index contributed by atoms with van der Waals surface area (Å²) in [5.41, 5.74) is 1.51. The van der Waals surface area contributed by atoms with E-state index in [9.17, 15) is 4.79 Å². The Labute approximate surface area is 120 Å². The van der Waals surface area contributed by atoms with Crippen LogP contribution in [0, 0.1) is 12.3 Å². The smallest absolute Gasteiger partial charge is 0.319 e. The Bertz CT molecular complexity index is 535. The molecule has 0 saturated carbocycles. The van der Waals surface area contributed by atoms with Gasteiger partial charge in [0.25, 0.3) is 0 Å². The summed E-state index contributed by atoms with van der Waals surface area (Å²) in [5, 5.41) is 2.93. The van der Waals surface area contributed by atoms with Gasteiger partial charge in [-0.3, -0.25) is 4.90 Å². The first-order valence-corrected chi connectivity index (χ1v) is 6.87. The Morgan fingerprint density at radius 1 is 1.35 bits per heavy atom. The zero-order chi connectivity index (χ0) is 14.7. The van der Waals surface area contributed by atoms with Crippen LogP contribution in [0.25, 0.3) is 0 Å². The molecule has 2 atom stereocenters. The Morgan fingerprint density at radius 3 is 2.80 bits per heavy atom. The van der Waals surface area contributed by atoms with Gasteiger partial charge in [0.2, 0.25) is 0 Å². The molecule has 20 heavy (non-hydrogen) atoms. The molecule has 2 amide bonds. The monoisotopic (exact) mass is 271 g/mol. The molecule has 2 rings (SSSR count). The summed E-state index contributed by atoms with van der Waals surface area (Å²) in [6, 6.07) is 7.82. The van der Waals surface area contributed by atoms with Crippen molar-refractivity contribution in [3.8, 4) is 12.3 Å². The van der Waals surface area contributed by atoms with E-state index in [1.807, 2.05) is 29.2 Å². The summed E-state index contributed by atoms with van der Waals surface area (Å²) in [4.78, 5) is 16.5. The number of likely N-dealkylation sites (N-methyl/N-ethyl adjacent to an activating group) is 1. The van der Waals surface area contributed by atoms with Crippen molar-refractivity contribution in [1.82, 2.24) is 9.80 Å². The number of hydrogen-bond donors (Lipinski definition) is 1. The maximum Gasteiger partial charge on any atom is 0.322 e. The molecule has 1 saturated heterocycles. The fourth-order valence-electron chi connectivity index (χ4n) is 2.47. The largest absolute Gasteiger partial charge is 0.322 e. The van der Waals surface area contributed by atoms with Crippen LogP contribution in [0.3, 0.4) is 0 Å². The molecule has 0 aliphatic carbocycles. The molecule has 1 aromatic rings. The van der Waals surface area contributed by atoms with Crippen molar-refractivity contribution >= 4 is 11.7 Å². The molecule has 106 valence electrons. The second-order valence-electron chi connectivity index (χ2n) is 5.31. The van der Waals surface area contributed by atoms with Gasteiger partial charge >= 0.3 is 6.03 Å². The van der Waals surface area contributed by atoms with E-state index in [4.69, 9.17) is 6.42 Å². The summed E-state index contributed by atoms with van der Waals surface area (Å²) in [6.45, 7) is 5.85. The number of urea groups is 1. The lowest BCUT2D eigenvalue weighted by Gasteiger charge is -2.43. The Hall–Kier alpha value is -1.99. The predicted octanol–water partition coefficient (Wildman–Crippen LogP) is 2.22. The normalized spacial score (nSPS) is 23.2. The number of amides is 2.